The molecule has 0 aliphatic rings. The van der Waals surface area contributed by atoms with Gasteiger partial charge in [0.1, 0.15) is 0 Å². The number of hydrogen-bond acceptors (Lipinski definition) is 3. The Hall–Kier alpha value is -1.03. The third-order valence-electron chi connectivity index (χ3n) is 2.59. The molecule has 1 N–H and O–H groups in total. The monoisotopic (exact) mass is 298 g/mol. The van der Waals surface area contributed by atoms with Gasteiger partial charge < -0.3 is 4.89 Å². The van der Waals surface area contributed by atoms with Crippen molar-refractivity contribution in [1.82, 2.24) is 0 Å². The van der Waals surface area contributed by atoms with Crippen LogP contribution in [-0.2, 0) is 4.57 Å². The van der Waals surface area contributed by atoms with E-state index in [1.54, 1.807) is 36.4 Å². The number of rotatable bonds is 4. The summed E-state index contributed by atoms with van der Waals surface area (Å²) in [5.41, 5.74) is -1.97. The molecular formula is C14H12NaO4P. The molecule has 6 heteroatoms. The first-order valence-corrected chi connectivity index (χ1v) is 7.22. The Morgan fingerprint density at radius 1 is 0.750 bits per heavy atom. The minimum atomic E-state index is -4.60. The Bertz CT molecular complexity index is 600. The fraction of sp³-hybridized carbons (Fsp3) is 0. The van der Waals surface area contributed by atoms with Crippen LogP contribution < -0.4 is 0 Å². The van der Waals surface area contributed by atoms with Crippen LogP contribution in [0.15, 0.2) is 60.7 Å². The summed E-state index contributed by atoms with van der Waals surface area (Å²) >= 11 is 0. The molecule has 0 bridgehead atoms. The van der Waals surface area contributed by atoms with E-state index >= 15 is 0 Å². The van der Waals surface area contributed by atoms with Crippen molar-refractivity contribution in [3.8, 4) is 0 Å². The Morgan fingerprint density at radius 2 is 1.05 bits per heavy atom. The van der Waals surface area contributed by atoms with Crippen molar-refractivity contribution >= 4 is 48.0 Å². The molecule has 20 heavy (non-hydrogen) atoms. The molecule has 0 aromatic heterocycles. The average molecular weight is 298 g/mol. The second-order valence-corrected chi connectivity index (χ2v) is 5.88. The van der Waals surface area contributed by atoms with Crippen LogP contribution in [0.25, 0.3) is 0 Å². The van der Waals surface area contributed by atoms with Gasteiger partial charge in [0.2, 0.25) is 0 Å². The number of benzene rings is 2. The molecule has 0 atom stereocenters. The molecule has 0 unspecified atom stereocenters. The summed E-state index contributed by atoms with van der Waals surface area (Å²) in [6.07, 6.45) is 0. The molecule has 2 aromatic carbocycles. The van der Waals surface area contributed by atoms with Gasteiger partial charge in [0.25, 0.3) is 11.0 Å². The third kappa shape index (κ3) is 3.54. The SMILES string of the molecule is O=C(c1ccccc1)P(=O)(O)C(=O)c1ccccc1.[NaH]. The summed E-state index contributed by atoms with van der Waals surface area (Å²) < 4.78 is 12.1. The van der Waals surface area contributed by atoms with Gasteiger partial charge in [-0.1, -0.05) is 60.7 Å². The van der Waals surface area contributed by atoms with Gasteiger partial charge in [0.15, 0.2) is 0 Å². The van der Waals surface area contributed by atoms with Crippen molar-refractivity contribution < 1.29 is 19.0 Å². The Morgan fingerprint density at radius 3 is 1.35 bits per heavy atom. The van der Waals surface area contributed by atoms with Crippen molar-refractivity contribution in [3.05, 3.63) is 71.8 Å². The van der Waals surface area contributed by atoms with Gasteiger partial charge in [-0.2, -0.15) is 0 Å². The Labute approximate surface area is 138 Å². The van der Waals surface area contributed by atoms with Gasteiger partial charge >= 0.3 is 36.9 Å². The van der Waals surface area contributed by atoms with Gasteiger partial charge in [0.05, 0.1) is 0 Å². The van der Waals surface area contributed by atoms with Crippen molar-refractivity contribution in [3.63, 3.8) is 0 Å². The first-order valence-electron chi connectivity index (χ1n) is 5.56. The molecule has 0 aliphatic carbocycles. The van der Waals surface area contributed by atoms with Crippen LogP contribution in [0, 0.1) is 0 Å². The molecule has 98 valence electrons. The van der Waals surface area contributed by atoms with E-state index in [1.807, 2.05) is 0 Å². The van der Waals surface area contributed by atoms with Crippen LogP contribution in [0.2, 0.25) is 0 Å². The number of hydrogen-bond donors (Lipinski definition) is 1. The van der Waals surface area contributed by atoms with Crippen LogP contribution in [0.5, 0.6) is 0 Å². The normalized spacial score (nSPS) is 10.4. The molecule has 0 fully saturated rings. The topological polar surface area (TPSA) is 71.4 Å². The maximum absolute atomic E-state index is 12.1. The van der Waals surface area contributed by atoms with Crippen molar-refractivity contribution in [2.45, 2.75) is 0 Å². The quantitative estimate of drug-likeness (QED) is 0.694. The van der Waals surface area contributed by atoms with Crippen LogP contribution >= 0.6 is 7.37 Å². The summed E-state index contributed by atoms with van der Waals surface area (Å²) in [5.74, 6) is 0. The average Bonchev–Trinajstić information content (AvgIpc) is 2.47. The van der Waals surface area contributed by atoms with Gasteiger partial charge in [-0.05, 0) is 0 Å². The van der Waals surface area contributed by atoms with E-state index in [0.29, 0.717) is 0 Å². The fourth-order valence-electron chi connectivity index (χ4n) is 1.60. The molecule has 0 heterocycles. The summed E-state index contributed by atoms with van der Waals surface area (Å²) in [7, 11) is -4.60. The van der Waals surface area contributed by atoms with Crippen molar-refractivity contribution in [2.75, 3.05) is 0 Å². The summed E-state index contributed by atoms with van der Waals surface area (Å²) in [6.45, 7) is 0. The van der Waals surface area contributed by atoms with E-state index in [-0.39, 0.29) is 40.7 Å². The molecule has 4 nitrogen and oxygen atoms in total. The van der Waals surface area contributed by atoms with Gasteiger partial charge in [-0.25, -0.2) is 0 Å². The molecule has 0 aliphatic heterocycles. The molecule has 2 aromatic rings. The first-order chi connectivity index (χ1) is 9.03. The predicted molar refractivity (Wildman–Crippen MR) is 78.5 cm³/mol. The fourth-order valence-corrected chi connectivity index (χ4v) is 2.79. The summed E-state index contributed by atoms with van der Waals surface area (Å²) in [5, 5.41) is 0. The van der Waals surface area contributed by atoms with Gasteiger partial charge in [0, 0.05) is 11.1 Å². The second kappa shape index (κ2) is 7.11. The zero-order chi connectivity index (χ0) is 13.9. The third-order valence-corrected chi connectivity index (χ3v) is 4.21. The molecule has 0 amide bonds. The van der Waals surface area contributed by atoms with E-state index in [4.69, 9.17) is 0 Å². The Balaban J connectivity index is 0.00000200. The van der Waals surface area contributed by atoms with Crippen molar-refractivity contribution in [2.24, 2.45) is 0 Å². The van der Waals surface area contributed by atoms with E-state index in [2.05, 4.69) is 0 Å². The molecular weight excluding hydrogens is 286 g/mol. The van der Waals surface area contributed by atoms with Crippen LogP contribution in [0.1, 0.15) is 20.7 Å². The molecule has 0 spiro atoms. The van der Waals surface area contributed by atoms with E-state index in [0.717, 1.165) is 0 Å². The molecule has 0 radical (unpaired) electrons. The van der Waals surface area contributed by atoms with Crippen LogP contribution in [-0.4, -0.2) is 45.5 Å². The van der Waals surface area contributed by atoms with E-state index in [1.165, 1.54) is 24.3 Å². The van der Waals surface area contributed by atoms with Crippen molar-refractivity contribution in [1.29, 1.82) is 0 Å². The molecule has 0 saturated carbocycles. The van der Waals surface area contributed by atoms with E-state index in [9.17, 15) is 19.0 Å². The molecule has 0 saturated heterocycles. The van der Waals surface area contributed by atoms with Gasteiger partial charge in [-0.15, -0.1) is 0 Å². The Kier molecular flexibility index (Phi) is 6.06. The number of carbonyl (C=O) groups excluding carboxylic acids is 2. The van der Waals surface area contributed by atoms with Crippen LogP contribution in [0.4, 0.5) is 0 Å². The molecule has 2 rings (SSSR count). The van der Waals surface area contributed by atoms with E-state index < -0.39 is 18.4 Å². The zero-order valence-corrected chi connectivity index (χ0v) is 10.8. The second-order valence-electron chi connectivity index (χ2n) is 3.92. The standard InChI is InChI=1S/C14H11O4P.Na.H/c15-13(11-7-3-1-4-8-11)19(17,18)14(16)12-9-5-2-6-10-12;;/h1-10H,(H,17,18);;. The van der Waals surface area contributed by atoms with Crippen LogP contribution in [0.3, 0.4) is 0 Å². The summed E-state index contributed by atoms with van der Waals surface area (Å²) in [6, 6.07) is 15.3. The number of carbonyl (C=O) groups is 2. The predicted octanol–water partition coefficient (Wildman–Crippen LogP) is 2.29. The maximum atomic E-state index is 12.1. The summed E-state index contributed by atoms with van der Waals surface area (Å²) in [4.78, 5) is 33.7. The first kappa shape index (κ1) is 17.0. The minimum absolute atomic E-state index is 0. The zero-order valence-electron chi connectivity index (χ0n) is 9.89. The van der Waals surface area contributed by atoms with Gasteiger partial charge in [-0.3, -0.25) is 14.2 Å².